The standard InChI is InChI=1S/C13H17ClN6/c1-6-11(18-15)16-12(9-4-5-9)17-13(6)20-8(3)10(14)7(2)19-20/h9H,4-5,15H2,1-3H3,(H,16,17,18). The van der Waals surface area contributed by atoms with Crippen molar-refractivity contribution in [2.45, 2.75) is 39.5 Å². The number of hydrogen-bond donors (Lipinski definition) is 2. The largest absolute Gasteiger partial charge is 0.308 e. The average Bonchev–Trinajstić information content (AvgIpc) is 3.24. The predicted molar refractivity (Wildman–Crippen MR) is 78.2 cm³/mol. The molecule has 3 rings (SSSR count). The number of nitrogens with one attached hydrogen (secondary N) is 1. The quantitative estimate of drug-likeness (QED) is 0.670. The van der Waals surface area contributed by atoms with Crippen LogP contribution in [-0.4, -0.2) is 19.7 Å². The first-order valence-electron chi connectivity index (χ1n) is 6.60. The van der Waals surface area contributed by atoms with Gasteiger partial charge in [0.2, 0.25) is 0 Å². The summed E-state index contributed by atoms with van der Waals surface area (Å²) in [5.74, 6) is 8.20. The van der Waals surface area contributed by atoms with Crippen LogP contribution < -0.4 is 11.3 Å². The van der Waals surface area contributed by atoms with Gasteiger partial charge in [0.15, 0.2) is 5.82 Å². The minimum atomic E-state index is 0.439. The molecule has 1 aliphatic carbocycles. The number of aryl methyl sites for hydroxylation is 1. The Balaban J connectivity index is 2.20. The molecule has 0 aliphatic heterocycles. The van der Waals surface area contributed by atoms with Gasteiger partial charge in [-0.1, -0.05) is 11.6 Å². The number of halogens is 1. The van der Waals surface area contributed by atoms with Gasteiger partial charge in [-0.15, -0.1) is 0 Å². The van der Waals surface area contributed by atoms with Crippen molar-refractivity contribution in [3.05, 3.63) is 27.8 Å². The summed E-state index contributed by atoms with van der Waals surface area (Å²) in [6, 6.07) is 0. The molecule has 0 atom stereocenters. The molecule has 0 bridgehead atoms. The average molecular weight is 293 g/mol. The van der Waals surface area contributed by atoms with Crippen molar-refractivity contribution in [2.75, 3.05) is 5.43 Å². The van der Waals surface area contributed by atoms with Crippen LogP contribution in [0, 0.1) is 20.8 Å². The second-order valence-corrected chi connectivity index (χ2v) is 5.57. The summed E-state index contributed by atoms with van der Waals surface area (Å²) in [5, 5.41) is 5.13. The molecule has 3 N–H and O–H groups in total. The van der Waals surface area contributed by atoms with Crippen molar-refractivity contribution in [3.8, 4) is 5.82 Å². The molecule has 0 aromatic carbocycles. The third-order valence-electron chi connectivity index (χ3n) is 3.62. The van der Waals surface area contributed by atoms with E-state index in [1.165, 1.54) is 0 Å². The lowest BCUT2D eigenvalue weighted by molar-refractivity contribution is 0.772. The van der Waals surface area contributed by atoms with Crippen LogP contribution in [0.25, 0.3) is 5.82 Å². The Morgan fingerprint density at radius 3 is 2.45 bits per heavy atom. The smallest absolute Gasteiger partial charge is 0.162 e. The molecule has 0 amide bonds. The van der Waals surface area contributed by atoms with Gasteiger partial charge in [-0.3, -0.25) is 0 Å². The van der Waals surface area contributed by atoms with E-state index in [1.54, 1.807) is 4.68 Å². The molecular formula is C13H17ClN6. The Morgan fingerprint density at radius 2 is 1.95 bits per heavy atom. The number of anilines is 1. The number of rotatable bonds is 3. The van der Waals surface area contributed by atoms with Crippen molar-refractivity contribution in [1.29, 1.82) is 0 Å². The van der Waals surface area contributed by atoms with Gasteiger partial charge >= 0.3 is 0 Å². The Labute approximate surface area is 122 Å². The highest BCUT2D eigenvalue weighted by Crippen LogP contribution is 2.39. The molecule has 7 heteroatoms. The SMILES string of the molecule is Cc1nn(-c2nc(C3CC3)nc(NN)c2C)c(C)c1Cl. The fourth-order valence-electron chi connectivity index (χ4n) is 2.22. The number of nitrogen functional groups attached to an aromatic ring is 1. The van der Waals surface area contributed by atoms with E-state index in [-0.39, 0.29) is 0 Å². The van der Waals surface area contributed by atoms with Crippen molar-refractivity contribution >= 4 is 17.4 Å². The lowest BCUT2D eigenvalue weighted by atomic mass is 10.2. The normalized spacial score (nSPS) is 14.7. The fraction of sp³-hybridized carbons (Fsp3) is 0.462. The molecule has 0 radical (unpaired) electrons. The Hall–Kier alpha value is -1.66. The molecule has 2 heterocycles. The predicted octanol–water partition coefficient (Wildman–Crippen LogP) is 2.40. The van der Waals surface area contributed by atoms with Crippen LogP contribution in [0.1, 0.15) is 41.5 Å². The van der Waals surface area contributed by atoms with Gasteiger partial charge in [0.05, 0.1) is 16.4 Å². The first-order chi connectivity index (χ1) is 9.52. The summed E-state index contributed by atoms with van der Waals surface area (Å²) in [7, 11) is 0. The van der Waals surface area contributed by atoms with Crippen LogP contribution in [-0.2, 0) is 0 Å². The number of aromatic nitrogens is 4. The van der Waals surface area contributed by atoms with Crippen LogP contribution in [0.5, 0.6) is 0 Å². The summed E-state index contributed by atoms with van der Waals surface area (Å²) in [5.41, 5.74) is 5.16. The third-order valence-corrected chi connectivity index (χ3v) is 4.17. The van der Waals surface area contributed by atoms with E-state index < -0.39 is 0 Å². The molecule has 2 aromatic heterocycles. The van der Waals surface area contributed by atoms with Crippen molar-refractivity contribution in [1.82, 2.24) is 19.7 Å². The van der Waals surface area contributed by atoms with Gasteiger partial charge in [0, 0.05) is 11.5 Å². The second kappa shape index (κ2) is 4.71. The van der Waals surface area contributed by atoms with Gasteiger partial charge in [0.1, 0.15) is 11.6 Å². The van der Waals surface area contributed by atoms with Gasteiger partial charge < -0.3 is 5.43 Å². The van der Waals surface area contributed by atoms with Crippen LogP contribution in [0.2, 0.25) is 5.02 Å². The fourth-order valence-corrected chi connectivity index (χ4v) is 2.34. The van der Waals surface area contributed by atoms with E-state index in [0.717, 1.165) is 41.4 Å². The van der Waals surface area contributed by atoms with E-state index in [4.69, 9.17) is 17.4 Å². The maximum absolute atomic E-state index is 6.22. The van der Waals surface area contributed by atoms with E-state index in [2.05, 4.69) is 20.5 Å². The van der Waals surface area contributed by atoms with E-state index in [0.29, 0.717) is 16.8 Å². The minimum absolute atomic E-state index is 0.439. The highest BCUT2D eigenvalue weighted by atomic mass is 35.5. The number of nitrogens with two attached hydrogens (primary N) is 1. The van der Waals surface area contributed by atoms with E-state index in [1.807, 2.05) is 20.8 Å². The molecule has 0 spiro atoms. The molecule has 6 nitrogen and oxygen atoms in total. The summed E-state index contributed by atoms with van der Waals surface area (Å²) in [6.07, 6.45) is 2.26. The molecule has 20 heavy (non-hydrogen) atoms. The maximum atomic E-state index is 6.22. The van der Waals surface area contributed by atoms with Crippen molar-refractivity contribution in [3.63, 3.8) is 0 Å². The zero-order chi connectivity index (χ0) is 14.4. The van der Waals surface area contributed by atoms with Gasteiger partial charge in [-0.05, 0) is 33.6 Å². The summed E-state index contributed by atoms with van der Waals surface area (Å²) >= 11 is 6.22. The first kappa shape index (κ1) is 13.3. The van der Waals surface area contributed by atoms with Gasteiger partial charge in [-0.2, -0.15) is 5.10 Å². The first-order valence-corrected chi connectivity index (χ1v) is 6.98. The monoisotopic (exact) mass is 292 g/mol. The van der Waals surface area contributed by atoms with Gasteiger partial charge in [0.25, 0.3) is 0 Å². The summed E-state index contributed by atoms with van der Waals surface area (Å²) in [6.45, 7) is 5.73. The van der Waals surface area contributed by atoms with Crippen molar-refractivity contribution in [2.24, 2.45) is 5.84 Å². The van der Waals surface area contributed by atoms with Crippen LogP contribution >= 0.6 is 11.6 Å². The topological polar surface area (TPSA) is 81.7 Å². The van der Waals surface area contributed by atoms with E-state index >= 15 is 0 Å². The van der Waals surface area contributed by atoms with Gasteiger partial charge in [-0.25, -0.2) is 20.5 Å². The zero-order valence-electron chi connectivity index (χ0n) is 11.7. The number of nitrogens with zero attached hydrogens (tertiary/aromatic N) is 4. The number of hydrogen-bond acceptors (Lipinski definition) is 5. The van der Waals surface area contributed by atoms with Crippen molar-refractivity contribution < 1.29 is 0 Å². The van der Waals surface area contributed by atoms with E-state index in [9.17, 15) is 0 Å². The highest BCUT2D eigenvalue weighted by molar-refractivity contribution is 6.31. The Bertz CT molecular complexity index is 674. The molecule has 106 valence electrons. The molecule has 0 unspecified atom stereocenters. The molecule has 1 saturated carbocycles. The lowest BCUT2D eigenvalue weighted by Crippen LogP contribution is -2.16. The van der Waals surface area contributed by atoms with Crippen LogP contribution in [0.4, 0.5) is 5.82 Å². The highest BCUT2D eigenvalue weighted by Gasteiger charge is 2.29. The maximum Gasteiger partial charge on any atom is 0.162 e. The Morgan fingerprint density at radius 1 is 1.25 bits per heavy atom. The molecular weight excluding hydrogens is 276 g/mol. The minimum Gasteiger partial charge on any atom is -0.308 e. The second-order valence-electron chi connectivity index (χ2n) is 5.19. The zero-order valence-corrected chi connectivity index (χ0v) is 12.5. The molecule has 1 fully saturated rings. The summed E-state index contributed by atoms with van der Waals surface area (Å²) in [4.78, 5) is 9.14. The molecule has 0 saturated heterocycles. The third kappa shape index (κ3) is 2.05. The molecule has 2 aromatic rings. The Kier molecular flexibility index (Phi) is 3.14. The van der Waals surface area contributed by atoms with Crippen LogP contribution in [0.15, 0.2) is 0 Å². The lowest BCUT2D eigenvalue weighted by Gasteiger charge is -2.12. The number of hydrazine groups is 1. The van der Waals surface area contributed by atoms with Crippen LogP contribution in [0.3, 0.4) is 0 Å². The summed E-state index contributed by atoms with van der Waals surface area (Å²) < 4.78 is 1.77. The molecule has 1 aliphatic rings.